The molecule has 1 saturated heterocycles. The number of hydrogen-bond donors (Lipinski definition) is 2. The molecule has 3 fully saturated rings. The molecule has 1 spiro atoms. The highest BCUT2D eigenvalue weighted by atomic mass is 16.3. The third-order valence-electron chi connectivity index (χ3n) is 9.57. The van der Waals surface area contributed by atoms with Gasteiger partial charge in [0.1, 0.15) is 5.60 Å². The number of rotatable bonds is 3. The minimum atomic E-state index is -1.14. The van der Waals surface area contributed by atoms with Crippen molar-refractivity contribution in [2.75, 3.05) is 38.7 Å². The summed E-state index contributed by atoms with van der Waals surface area (Å²) in [4.78, 5) is 29.1. The fourth-order valence-electron chi connectivity index (χ4n) is 6.87. The van der Waals surface area contributed by atoms with E-state index in [4.69, 9.17) is 0 Å². The van der Waals surface area contributed by atoms with Crippen LogP contribution < -0.4 is 5.43 Å². The number of nitrogens with zero attached hydrogens (tertiary/aromatic N) is 3. The van der Waals surface area contributed by atoms with Gasteiger partial charge in [-0.05, 0) is 60.6 Å². The number of fused-ring (bicyclic) bond motifs is 2. The molecule has 2 amide bonds. The van der Waals surface area contributed by atoms with Crippen LogP contribution in [0.4, 0.5) is 5.69 Å². The van der Waals surface area contributed by atoms with Crippen molar-refractivity contribution in [1.82, 2.24) is 14.8 Å². The molecule has 2 heterocycles. The van der Waals surface area contributed by atoms with E-state index in [0.29, 0.717) is 44.6 Å². The first-order chi connectivity index (χ1) is 18.9. The molecule has 7 heteroatoms. The number of amides is 2. The number of carbonyl (C=O) groups is 2. The van der Waals surface area contributed by atoms with E-state index in [1.807, 2.05) is 29.2 Å². The second-order valence-electron chi connectivity index (χ2n) is 12.1. The summed E-state index contributed by atoms with van der Waals surface area (Å²) in [5.41, 5.74) is 8.15. The second-order valence-corrected chi connectivity index (χ2v) is 12.1. The number of anilines is 1. The zero-order valence-corrected chi connectivity index (χ0v) is 23.3. The number of benzene rings is 2. The van der Waals surface area contributed by atoms with E-state index >= 15 is 0 Å². The number of hydrazine groups is 1. The Morgan fingerprint density at radius 3 is 1.92 bits per heavy atom. The summed E-state index contributed by atoms with van der Waals surface area (Å²) in [7, 11) is 2.20. The molecular weight excluding hydrogens is 488 g/mol. The van der Waals surface area contributed by atoms with Crippen molar-refractivity contribution in [3.05, 3.63) is 53.6 Å². The smallest absolute Gasteiger partial charge is 0.254 e. The molecule has 2 N–H and O–H groups in total. The van der Waals surface area contributed by atoms with Gasteiger partial charge in [0.2, 0.25) is 0 Å². The van der Waals surface area contributed by atoms with Gasteiger partial charge in [-0.3, -0.25) is 9.59 Å². The third kappa shape index (κ3) is 5.07. The molecule has 0 aromatic heterocycles. The summed E-state index contributed by atoms with van der Waals surface area (Å²) in [6.45, 7) is 1.94. The zero-order chi connectivity index (χ0) is 27.0. The van der Waals surface area contributed by atoms with Crippen LogP contribution in [0.25, 0.3) is 11.1 Å². The molecule has 6 rings (SSSR count). The summed E-state index contributed by atoms with van der Waals surface area (Å²) in [6, 6.07) is 14.7. The zero-order valence-electron chi connectivity index (χ0n) is 23.3. The van der Waals surface area contributed by atoms with E-state index in [0.717, 1.165) is 11.1 Å². The third-order valence-corrected chi connectivity index (χ3v) is 9.57. The lowest BCUT2D eigenvalue weighted by Gasteiger charge is -2.37. The van der Waals surface area contributed by atoms with Crippen molar-refractivity contribution in [3.63, 3.8) is 0 Å². The summed E-state index contributed by atoms with van der Waals surface area (Å²) in [5.74, 6) is -0.186. The van der Waals surface area contributed by atoms with E-state index in [1.165, 1.54) is 69.0 Å². The first-order valence-corrected chi connectivity index (χ1v) is 15.0. The van der Waals surface area contributed by atoms with Gasteiger partial charge < -0.3 is 20.3 Å². The normalized spacial score (nSPS) is 22.7. The van der Waals surface area contributed by atoms with Gasteiger partial charge in [0, 0.05) is 38.8 Å². The van der Waals surface area contributed by atoms with Crippen molar-refractivity contribution < 1.29 is 14.7 Å². The van der Waals surface area contributed by atoms with E-state index in [-0.39, 0.29) is 17.4 Å². The number of aliphatic hydroxyl groups is 1. The quantitative estimate of drug-likeness (QED) is 0.574. The molecular formula is C32H42N4O3. The molecule has 0 bridgehead atoms. The standard InChI is InChI=1S/C32H42N4O3/c1-34-31(15-7-5-3-2-4-6-8-16-31)27-14-13-26(23-28(27)33-34)24-9-11-25(12-10-24)29(37)35-19-21-36(22-20-35)30(38)32(39)17-18-32/h9-14,23,33,39H,2-8,15-22H2,1H3. The highest BCUT2D eigenvalue weighted by Gasteiger charge is 2.50. The lowest BCUT2D eigenvalue weighted by molar-refractivity contribution is -0.143. The predicted molar refractivity (Wildman–Crippen MR) is 153 cm³/mol. The van der Waals surface area contributed by atoms with Crippen LogP contribution in [-0.2, 0) is 10.3 Å². The van der Waals surface area contributed by atoms with Gasteiger partial charge in [-0.1, -0.05) is 69.2 Å². The van der Waals surface area contributed by atoms with Crippen molar-refractivity contribution >= 4 is 17.5 Å². The fourth-order valence-corrected chi connectivity index (χ4v) is 6.87. The summed E-state index contributed by atoms with van der Waals surface area (Å²) in [6.07, 6.45) is 12.8. The predicted octanol–water partition coefficient (Wildman–Crippen LogP) is 5.16. The summed E-state index contributed by atoms with van der Waals surface area (Å²) in [5, 5.41) is 12.5. The molecule has 0 radical (unpaired) electrons. The molecule has 39 heavy (non-hydrogen) atoms. The molecule has 7 nitrogen and oxygen atoms in total. The monoisotopic (exact) mass is 530 g/mol. The van der Waals surface area contributed by atoms with Crippen molar-refractivity contribution in [1.29, 1.82) is 0 Å². The van der Waals surface area contributed by atoms with Gasteiger partial charge in [-0.15, -0.1) is 0 Å². The van der Waals surface area contributed by atoms with E-state index in [1.54, 1.807) is 4.90 Å². The van der Waals surface area contributed by atoms with Crippen molar-refractivity contribution in [2.45, 2.75) is 81.8 Å². The van der Waals surface area contributed by atoms with E-state index in [9.17, 15) is 14.7 Å². The maximum absolute atomic E-state index is 13.2. The second kappa shape index (κ2) is 10.6. The Bertz CT molecular complexity index is 1200. The Labute approximate surface area is 232 Å². The maximum Gasteiger partial charge on any atom is 0.254 e. The summed E-state index contributed by atoms with van der Waals surface area (Å²) >= 11 is 0. The fraction of sp³-hybridized carbons (Fsp3) is 0.562. The van der Waals surface area contributed by atoms with Crippen LogP contribution in [0.5, 0.6) is 0 Å². The van der Waals surface area contributed by atoms with E-state index in [2.05, 4.69) is 35.7 Å². The Balaban J connectivity index is 1.13. The topological polar surface area (TPSA) is 76.1 Å². The minimum absolute atomic E-state index is 0.00558. The molecule has 0 atom stereocenters. The van der Waals surface area contributed by atoms with Gasteiger partial charge >= 0.3 is 0 Å². The molecule has 2 aromatic rings. The molecule has 0 unspecified atom stereocenters. The number of carbonyl (C=O) groups excluding carboxylic acids is 2. The first kappa shape index (κ1) is 26.3. The van der Waals surface area contributed by atoms with Gasteiger partial charge in [-0.2, -0.15) is 0 Å². The van der Waals surface area contributed by atoms with Gasteiger partial charge in [-0.25, -0.2) is 5.01 Å². The Kier molecular flexibility index (Phi) is 7.15. The molecule has 2 aromatic carbocycles. The minimum Gasteiger partial charge on any atom is -0.380 e. The average Bonchev–Trinajstić information content (AvgIpc) is 3.67. The van der Waals surface area contributed by atoms with Crippen LogP contribution in [0, 0.1) is 0 Å². The van der Waals surface area contributed by atoms with Crippen LogP contribution >= 0.6 is 0 Å². The van der Waals surface area contributed by atoms with Gasteiger partial charge in [0.15, 0.2) is 0 Å². The van der Waals surface area contributed by atoms with Crippen LogP contribution in [-0.4, -0.2) is 70.6 Å². The first-order valence-electron chi connectivity index (χ1n) is 15.0. The Morgan fingerprint density at radius 2 is 1.31 bits per heavy atom. The van der Waals surface area contributed by atoms with Crippen molar-refractivity contribution in [2.24, 2.45) is 0 Å². The molecule has 2 aliphatic carbocycles. The summed E-state index contributed by atoms with van der Waals surface area (Å²) < 4.78 is 0. The van der Waals surface area contributed by atoms with Crippen LogP contribution in [0.15, 0.2) is 42.5 Å². The largest absolute Gasteiger partial charge is 0.380 e. The van der Waals surface area contributed by atoms with Crippen LogP contribution in [0.2, 0.25) is 0 Å². The molecule has 2 aliphatic heterocycles. The SMILES string of the molecule is CN1Nc2cc(-c3ccc(C(=O)N4CCN(C(=O)C5(O)CC5)CC4)cc3)ccc2C12CCCCCCCCC2. The maximum atomic E-state index is 13.2. The number of piperazine rings is 1. The van der Waals surface area contributed by atoms with Crippen LogP contribution in [0.1, 0.15) is 86.6 Å². The van der Waals surface area contributed by atoms with Gasteiger partial charge in [0.05, 0.1) is 11.2 Å². The van der Waals surface area contributed by atoms with Crippen LogP contribution in [0.3, 0.4) is 0 Å². The Morgan fingerprint density at radius 1 is 0.744 bits per heavy atom. The van der Waals surface area contributed by atoms with E-state index < -0.39 is 5.60 Å². The lowest BCUT2D eigenvalue weighted by Crippen LogP contribution is -2.53. The number of hydrogen-bond acceptors (Lipinski definition) is 5. The highest BCUT2D eigenvalue weighted by Crippen LogP contribution is 2.48. The average molecular weight is 531 g/mol. The van der Waals surface area contributed by atoms with Gasteiger partial charge in [0.25, 0.3) is 11.8 Å². The van der Waals surface area contributed by atoms with Crippen molar-refractivity contribution in [3.8, 4) is 11.1 Å². The molecule has 4 aliphatic rings. The molecule has 2 saturated carbocycles. The molecule has 208 valence electrons. The number of nitrogens with one attached hydrogen (secondary N) is 1. The lowest BCUT2D eigenvalue weighted by atomic mass is 9.79. The highest BCUT2D eigenvalue weighted by molar-refractivity contribution is 5.95. The Hall–Kier alpha value is -2.90.